The number of methoxy groups -OCH3 is 1. The van der Waals surface area contributed by atoms with Crippen molar-refractivity contribution in [3.8, 4) is 11.5 Å². The van der Waals surface area contributed by atoms with Crippen molar-refractivity contribution in [3.05, 3.63) is 66.1 Å². The number of aromatic amines is 2. The van der Waals surface area contributed by atoms with Crippen LogP contribution in [0.5, 0.6) is 11.5 Å². The van der Waals surface area contributed by atoms with Gasteiger partial charge in [0.1, 0.15) is 11.5 Å². The first kappa shape index (κ1) is 18.8. The molecule has 6 nitrogen and oxygen atoms in total. The van der Waals surface area contributed by atoms with Crippen molar-refractivity contribution in [2.24, 2.45) is 5.73 Å². The Balaban J connectivity index is 0.000000145. The van der Waals surface area contributed by atoms with E-state index < -0.39 is 0 Å². The second kappa shape index (κ2) is 7.85. The number of nitrogens with two attached hydrogens (primary N) is 1. The summed E-state index contributed by atoms with van der Waals surface area (Å²) in [6.45, 7) is 2.64. The highest BCUT2D eigenvalue weighted by Crippen LogP contribution is 2.29. The van der Waals surface area contributed by atoms with E-state index in [0.717, 1.165) is 45.4 Å². The van der Waals surface area contributed by atoms with Crippen LogP contribution >= 0.6 is 0 Å². The number of phenolic OH excluding ortho intramolecular Hbond substituents is 1. The lowest BCUT2D eigenvalue weighted by Crippen LogP contribution is -2.01. The van der Waals surface area contributed by atoms with Gasteiger partial charge in [-0.2, -0.15) is 0 Å². The lowest BCUT2D eigenvalue weighted by molar-refractivity contribution is 0.415. The summed E-state index contributed by atoms with van der Waals surface area (Å²) in [4.78, 5) is 10.8. The minimum absolute atomic E-state index is 0.297. The largest absolute Gasteiger partial charge is 0.508 e. The third-order valence-corrected chi connectivity index (χ3v) is 5.08. The van der Waals surface area contributed by atoms with Crippen LogP contribution in [0, 0.1) is 6.92 Å². The van der Waals surface area contributed by atoms with E-state index in [2.05, 4.69) is 21.0 Å². The molecule has 0 atom stereocenters. The van der Waals surface area contributed by atoms with Gasteiger partial charge in [-0.25, -0.2) is 0 Å². The minimum Gasteiger partial charge on any atom is -0.508 e. The number of pyridine rings is 1. The van der Waals surface area contributed by atoms with Gasteiger partial charge in [-0.05, 0) is 61.9 Å². The number of fused-ring (bicyclic) bond motifs is 4. The molecule has 0 unspecified atom stereocenters. The fraction of sp³-hybridized carbons (Fsp3) is 0.174. The van der Waals surface area contributed by atoms with E-state index in [1.165, 1.54) is 10.8 Å². The molecule has 0 saturated heterocycles. The summed E-state index contributed by atoms with van der Waals surface area (Å²) < 4.78 is 5.21. The Morgan fingerprint density at radius 2 is 1.90 bits per heavy atom. The summed E-state index contributed by atoms with van der Waals surface area (Å²) in [6, 6.07) is 13.4. The van der Waals surface area contributed by atoms with Crippen LogP contribution in [-0.4, -0.2) is 33.7 Å². The van der Waals surface area contributed by atoms with Gasteiger partial charge in [0, 0.05) is 40.1 Å². The maximum absolute atomic E-state index is 9.30. The summed E-state index contributed by atoms with van der Waals surface area (Å²) in [6.07, 6.45) is 4.62. The van der Waals surface area contributed by atoms with Gasteiger partial charge in [-0.1, -0.05) is 0 Å². The maximum Gasteiger partial charge on any atom is 0.120 e. The van der Waals surface area contributed by atoms with E-state index in [0.29, 0.717) is 12.3 Å². The number of nitrogens with zero attached hydrogens (tertiary/aromatic N) is 1. The van der Waals surface area contributed by atoms with Crippen molar-refractivity contribution in [1.82, 2.24) is 15.0 Å². The van der Waals surface area contributed by atoms with Gasteiger partial charge in [0.15, 0.2) is 0 Å². The van der Waals surface area contributed by atoms with Crippen molar-refractivity contribution >= 4 is 32.7 Å². The average molecular weight is 388 g/mol. The van der Waals surface area contributed by atoms with Gasteiger partial charge in [0.2, 0.25) is 0 Å². The van der Waals surface area contributed by atoms with Crippen molar-refractivity contribution in [2.45, 2.75) is 13.3 Å². The number of ether oxygens (including phenoxy) is 1. The molecule has 2 aromatic carbocycles. The standard InChI is InChI=1S/C13H12N2O.C10H12N2O/c1-8-13-11(5-6-14-8)10-4-3-9(16-2)7-12(10)15-13;11-4-3-7-6-12-10-2-1-8(13)5-9(7)10/h3-7,15H,1-2H3;1-2,5-6,12-13H,3-4,11H2. The Bertz CT molecular complexity index is 1290. The van der Waals surface area contributed by atoms with Crippen molar-refractivity contribution in [3.63, 3.8) is 0 Å². The lowest BCUT2D eigenvalue weighted by atomic mass is 10.1. The zero-order valence-corrected chi connectivity index (χ0v) is 16.5. The molecule has 6 heteroatoms. The molecule has 5 aromatic rings. The van der Waals surface area contributed by atoms with Gasteiger partial charge in [0.25, 0.3) is 0 Å². The molecule has 0 saturated carbocycles. The average Bonchev–Trinajstić information content (AvgIpc) is 3.30. The SMILES string of the molecule is COc1ccc2c(c1)[nH]c1c(C)nccc12.NCCc1c[nH]c2ccc(O)cc12. The molecule has 5 rings (SSSR count). The van der Waals surface area contributed by atoms with Gasteiger partial charge < -0.3 is 25.5 Å². The second-order valence-corrected chi connectivity index (χ2v) is 6.94. The number of aromatic nitrogens is 3. The van der Waals surface area contributed by atoms with Crippen molar-refractivity contribution in [2.75, 3.05) is 13.7 Å². The molecule has 0 amide bonds. The molecule has 0 aliphatic rings. The predicted molar refractivity (Wildman–Crippen MR) is 118 cm³/mol. The zero-order valence-electron chi connectivity index (χ0n) is 16.5. The highest BCUT2D eigenvalue weighted by Gasteiger charge is 2.07. The van der Waals surface area contributed by atoms with Crippen LogP contribution in [0.1, 0.15) is 11.3 Å². The minimum atomic E-state index is 0.297. The van der Waals surface area contributed by atoms with Gasteiger partial charge in [0.05, 0.1) is 23.8 Å². The van der Waals surface area contributed by atoms with Crippen LogP contribution in [0.3, 0.4) is 0 Å². The molecule has 0 aliphatic carbocycles. The summed E-state index contributed by atoms with van der Waals surface area (Å²) in [5.41, 5.74) is 10.9. The first-order valence-electron chi connectivity index (χ1n) is 9.51. The van der Waals surface area contributed by atoms with E-state index in [1.54, 1.807) is 19.2 Å². The number of hydrogen-bond donors (Lipinski definition) is 4. The second-order valence-electron chi connectivity index (χ2n) is 6.94. The number of nitrogens with one attached hydrogen (secondary N) is 2. The Morgan fingerprint density at radius 1 is 1.03 bits per heavy atom. The number of aryl methyl sites for hydroxylation is 1. The number of rotatable bonds is 3. The number of aromatic hydroxyl groups is 1. The molecular formula is C23H24N4O2. The van der Waals surface area contributed by atoms with Crippen LogP contribution in [0.2, 0.25) is 0 Å². The Morgan fingerprint density at radius 3 is 2.69 bits per heavy atom. The van der Waals surface area contributed by atoms with Crippen LogP contribution in [0.25, 0.3) is 32.7 Å². The highest BCUT2D eigenvalue weighted by molar-refractivity contribution is 6.08. The molecule has 0 fully saturated rings. The van der Waals surface area contributed by atoms with E-state index in [-0.39, 0.29) is 0 Å². The van der Waals surface area contributed by atoms with Gasteiger partial charge >= 0.3 is 0 Å². The summed E-state index contributed by atoms with van der Waals surface area (Å²) >= 11 is 0. The monoisotopic (exact) mass is 388 g/mol. The normalized spacial score (nSPS) is 11.0. The highest BCUT2D eigenvalue weighted by atomic mass is 16.5. The molecule has 29 heavy (non-hydrogen) atoms. The quantitative estimate of drug-likeness (QED) is 0.368. The first-order valence-corrected chi connectivity index (χ1v) is 9.51. The van der Waals surface area contributed by atoms with Crippen molar-refractivity contribution in [1.29, 1.82) is 0 Å². The fourth-order valence-electron chi connectivity index (χ4n) is 3.60. The van der Waals surface area contributed by atoms with Gasteiger partial charge in [-0.15, -0.1) is 0 Å². The Hall–Kier alpha value is -3.51. The van der Waals surface area contributed by atoms with Crippen LogP contribution in [0.15, 0.2) is 54.9 Å². The fourth-order valence-corrected chi connectivity index (χ4v) is 3.60. The summed E-state index contributed by atoms with van der Waals surface area (Å²) in [5.74, 6) is 1.16. The number of phenols is 1. The summed E-state index contributed by atoms with van der Waals surface area (Å²) in [5, 5.41) is 12.8. The third kappa shape index (κ3) is 3.62. The first-order chi connectivity index (χ1) is 14.1. The molecule has 0 bridgehead atoms. The molecule has 5 N–H and O–H groups in total. The van der Waals surface area contributed by atoms with Crippen LogP contribution < -0.4 is 10.5 Å². The number of benzene rings is 2. The Kier molecular flexibility index (Phi) is 5.10. The summed E-state index contributed by atoms with van der Waals surface area (Å²) in [7, 11) is 1.68. The van der Waals surface area contributed by atoms with E-state index >= 15 is 0 Å². The van der Waals surface area contributed by atoms with Crippen LogP contribution in [-0.2, 0) is 6.42 Å². The smallest absolute Gasteiger partial charge is 0.120 e. The van der Waals surface area contributed by atoms with E-state index in [1.807, 2.05) is 43.6 Å². The van der Waals surface area contributed by atoms with Gasteiger partial charge in [-0.3, -0.25) is 4.98 Å². The maximum atomic E-state index is 9.30. The van der Waals surface area contributed by atoms with Crippen LogP contribution in [0.4, 0.5) is 0 Å². The topological polar surface area (TPSA) is 100.0 Å². The number of H-pyrrole nitrogens is 2. The Labute approximate surface area is 168 Å². The molecule has 0 spiro atoms. The molecule has 0 aliphatic heterocycles. The van der Waals surface area contributed by atoms with Crippen molar-refractivity contribution < 1.29 is 9.84 Å². The van der Waals surface area contributed by atoms with E-state index in [9.17, 15) is 5.11 Å². The lowest BCUT2D eigenvalue weighted by Gasteiger charge is -1.98. The molecule has 0 radical (unpaired) electrons. The zero-order chi connectivity index (χ0) is 20.4. The molecular weight excluding hydrogens is 364 g/mol. The number of hydrogen-bond acceptors (Lipinski definition) is 4. The molecule has 3 aromatic heterocycles. The predicted octanol–water partition coefficient (Wildman–Crippen LogP) is 4.41. The molecule has 3 heterocycles. The molecule has 148 valence electrons. The van der Waals surface area contributed by atoms with E-state index in [4.69, 9.17) is 10.5 Å². The third-order valence-electron chi connectivity index (χ3n) is 5.08.